The molecule has 2 fully saturated rings. The minimum atomic E-state index is -1.32. The summed E-state index contributed by atoms with van der Waals surface area (Å²) in [7, 11) is 1.21. The lowest BCUT2D eigenvalue weighted by Gasteiger charge is -2.41. The summed E-state index contributed by atoms with van der Waals surface area (Å²) in [6.07, 6.45) is 2.05. The predicted octanol–water partition coefficient (Wildman–Crippen LogP) is 2.56. The van der Waals surface area contributed by atoms with E-state index in [1.807, 2.05) is 13.8 Å². The van der Waals surface area contributed by atoms with Crippen molar-refractivity contribution in [2.24, 2.45) is 11.8 Å². The number of aromatic nitrogens is 1. The first-order chi connectivity index (χ1) is 16.5. The lowest BCUT2D eigenvalue weighted by atomic mass is 9.85. The van der Waals surface area contributed by atoms with E-state index in [9.17, 15) is 19.5 Å². The van der Waals surface area contributed by atoms with Crippen LogP contribution < -0.4 is 9.64 Å². The SMILES string of the molecule is CCOc1cc(N(C(=O)[C@H]2CN(C(=O)OC(C)(C)C)C[C@@H](C(=O)OC)[C@H]2O)C2CC2)ncc1CC. The Labute approximate surface area is 206 Å². The average molecular weight is 492 g/mol. The van der Waals surface area contributed by atoms with Crippen molar-refractivity contribution in [1.29, 1.82) is 0 Å². The van der Waals surface area contributed by atoms with Gasteiger partial charge in [-0.25, -0.2) is 9.78 Å². The first-order valence-corrected chi connectivity index (χ1v) is 12.2. The Kier molecular flexibility index (Phi) is 8.25. The van der Waals surface area contributed by atoms with Gasteiger partial charge in [0.2, 0.25) is 5.91 Å². The molecule has 0 bridgehead atoms. The highest BCUT2D eigenvalue weighted by Crippen LogP contribution is 2.36. The zero-order valence-corrected chi connectivity index (χ0v) is 21.4. The molecule has 1 aliphatic heterocycles. The highest BCUT2D eigenvalue weighted by atomic mass is 16.6. The maximum absolute atomic E-state index is 13.9. The molecule has 35 heavy (non-hydrogen) atoms. The number of esters is 1. The van der Waals surface area contributed by atoms with Gasteiger partial charge in [0.05, 0.1) is 25.7 Å². The Morgan fingerprint density at radius 3 is 2.37 bits per heavy atom. The van der Waals surface area contributed by atoms with E-state index in [0.717, 1.165) is 24.8 Å². The fourth-order valence-corrected chi connectivity index (χ4v) is 4.24. The van der Waals surface area contributed by atoms with Gasteiger partial charge in [0.15, 0.2) is 0 Å². The molecule has 1 aromatic rings. The summed E-state index contributed by atoms with van der Waals surface area (Å²) >= 11 is 0. The zero-order valence-electron chi connectivity index (χ0n) is 21.4. The van der Waals surface area contributed by atoms with Crippen molar-refractivity contribution >= 4 is 23.8 Å². The number of aliphatic hydroxyl groups excluding tert-OH is 1. The molecule has 2 amide bonds. The minimum absolute atomic E-state index is 0.0716. The van der Waals surface area contributed by atoms with Crippen molar-refractivity contribution in [3.8, 4) is 5.75 Å². The molecular formula is C25H37N3O7. The highest BCUT2D eigenvalue weighted by Gasteiger charge is 2.49. The summed E-state index contributed by atoms with van der Waals surface area (Å²) < 4.78 is 16.1. The van der Waals surface area contributed by atoms with Crippen molar-refractivity contribution in [2.45, 2.75) is 71.6 Å². The molecular weight excluding hydrogens is 454 g/mol. The van der Waals surface area contributed by atoms with E-state index in [4.69, 9.17) is 14.2 Å². The molecule has 1 saturated heterocycles. The van der Waals surface area contributed by atoms with Gasteiger partial charge in [-0.2, -0.15) is 0 Å². The smallest absolute Gasteiger partial charge is 0.410 e. The number of hydrogen-bond acceptors (Lipinski definition) is 8. The molecule has 1 saturated carbocycles. The van der Waals surface area contributed by atoms with Gasteiger partial charge in [-0.05, 0) is 47.0 Å². The second-order valence-electron chi connectivity index (χ2n) is 9.99. The van der Waals surface area contributed by atoms with E-state index >= 15 is 0 Å². The van der Waals surface area contributed by atoms with Crippen LogP contribution in [0.3, 0.4) is 0 Å². The molecule has 0 unspecified atom stereocenters. The van der Waals surface area contributed by atoms with Crippen molar-refractivity contribution < 1.29 is 33.7 Å². The van der Waals surface area contributed by atoms with Gasteiger partial charge in [-0.3, -0.25) is 14.5 Å². The summed E-state index contributed by atoms with van der Waals surface area (Å²) in [6.45, 7) is 9.38. The second kappa shape index (κ2) is 10.8. The van der Waals surface area contributed by atoms with Crippen LogP contribution in [-0.2, 0) is 25.5 Å². The lowest BCUT2D eigenvalue weighted by molar-refractivity contribution is -0.156. The van der Waals surface area contributed by atoms with Crippen LogP contribution in [0.5, 0.6) is 5.75 Å². The number of piperidine rings is 1. The van der Waals surface area contributed by atoms with Crippen molar-refractivity contribution in [1.82, 2.24) is 9.88 Å². The molecule has 10 heteroatoms. The van der Waals surface area contributed by atoms with Gasteiger partial charge in [-0.15, -0.1) is 0 Å². The number of rotatable bonds is 7. The molecule has 1 N–H and O–H groups in total. The number of aryl methyl sites for hydroxylation is 1. The number of carbonyl (C=O) groups excluding carboxylic acids is 3. The van der Waals surface area contributed by atoms with Gasteiger partial charge < -0.3 is 24.2 Å². The molecule has 2 heterocycles. The number of hydrogen-bond donors (Lipinski definition) is 1. The molecule has 3 rings (SSSR count). The van der Waals surface area contributed by atoms with Gasteiger partial charge in [-0.1, -0.05) is 6.92 Å². The van der Waals surface area contributed by atoms with E-state index in [1.165, 1.54) is 12.0 Å². The van der Waals surface area contributed by atoms with Crippen LogP contribution in [0.2, 0.25) is 0 Å². The first kappa shape index (κ1) is 26.7. The van der Waals surface area contributed by atoms with Gasteiger partial charge in [0, 0.05) is 37.0 Å². The van der Waals surface area contributed by atoms with E-state index in [2.05, 4.69) is 4.98 Å². The third-order valence-electron chi connectivity index (χ3n) is 6.14. The van der Waals surface area contributed by atoms with Crippen LogP contribution >= 0.6 is 0 Å². The second-order valence-corrected chi connectivity index (χ2v) is 9.99. The topological polar surface area (TPSA) is 119 Å². The van der Waals surface area contributed by atoms with Crippen LogP contribution in [0, 0.1) is 11.8 Å². The highest BCUT2D eigenvalue weighted by molar-refractivity contribution is 5.97. The first-order valence-electron chi connectivity index (χ1n) is 12.2. The fraction of sp³-hybridized carbons (Fsp3) is 0.680. The predicted molar refractivity (Wildman–Crippen MR) is 128 cm³/mol. The van der Waals surface area contributed by atoms with Gasteiger partial charge >= 0.3 is 12.1 Å². The molecule has 0 spiro atoms. The molecule has 1 aliphatic carbocycles. The third-order valence-corrected chi connectivity index (χ3v) is 6.14. The Hall–Kier alpha value is -2.88. The largest absolute Gasteiger partial charge is 0.493 e. The maximum atomic E-state index is 13.9. The third kappa shape index (κ3) is 6.22. The van der Waals surface area contributed by atoms with Crippen molar-refractivity contribution in [2.75, 3.05) is 31.7 Å². The minimum Gasteiger partial charge on any atom is -0.493 e. The van der Waals surface area contributed by atoms with Gasteiger partial charge in [0.1, 0.15) is 23.1 Å². The number of aliphatic hydroxyl groups is 1. The number of pyridine rings is 1. The standard InChI is InChI=1S/C25H37N3O7/c1-7-15-12-26-20(11-19(15)34-8-2)28(16-9-10-16)22(30)17-13-27(24(32)35-25(3,4)5)14-18(21(17)29)23(31)33-6/h11-12,16-18,21,29H,7-10,13-14H2,1-6H3/t17-,18+,21-/m0/s1. The van der Waals surface area contributed by atoms with Crippen LogP contribution in [0.4, 0.5) is 10.6 Å². The monoisotopic (exact) mass is 491 g/mol. The van der Waals surface area contributed by atoms with E-state index < -0.39 is 41.5 Å². The zero-order chi connectivity index (χ0) is 25.9. The van der Waals surface area contributed by atoms with Crippen LogP contribution in [0.1, 0.15) is 53.0 Å². The van der Waals surface area contributed by atoms with E-state index in [-0.39, 0.29) is 19.1 Å². The summed E-state index contributed by atoms with van der Waals surface area (Å²) in [5, 5.41) is 11.1. The summed E-state index contributed by atoms with van der Waals surface area (Å²) in [6, 6.07) is 1.68. The van der Waals surface area contributed by atoms with E-state index in [1.54, 1.807) is 37.9 Å². The summed E-state index contributed by atoms with van der Waals surface area (Å²) in [5.41, 5.74) is 0.173. The normalized spacial score (nSPS) is 22.4. The van der Waals surface area contributed by atoms with Crippen molar-refractivity contribution in [3.63, 3.8) is 0 Å². The molecule has 10 nitrogen and oxygen atoms in total. The number of methoxy groups -OCH3 is 1. The molecule has 1 aromatic heterocycles. The number of anilines is 1. The number of likely N-dealkylation sites (tertiary alicyclic amines) is 1. The van der Waals surface area contributed by atoms with Crippen LogP contribution in [0.25, 0.3) is 0 Å². The van der Waals surface area contributed by atoms with Crippen LogP contribution in [0.15, 0.2) is 12.3 Å². The molecule has 2 aliphatic rings. The number of carbonyl (C=O) groups is 3. The summed E-state index contributed by atoms with van der Waals surface area (Å²) in [5.74, 6) is -2.14. The van der Waals surface area contributed by atoms with Crippen molar-refractivity contribution in [3.05, 3.63) is 17.8 Å². The Balaban J connectivity index is 1.94. The maximum Gasteiger partial charge on any atom is 0.410 e. The number of ether oxygens (including phenoxy) is 3. The Bertz CT molecular complexity index is 941. The van der Waals surface area contributed by atoms with Gasteiger partial charge in [0.25, 0.3) is 0 Å². The molecule has 3 atom stereocenters. The van der Waals surface area contributed by atoms with Crippen LogP contribution in [-0.4, -0.2) is 77.5 Å². The molecule has 0 radical (unpaired) electrons. The number of amides is 2. The molecule has 0 aromatic carbocycles. The molecule has 194 valence electrons. The quantitative estimate of drug-likeness (QED) is 0.578. The summed E-state index contributed by atoms with van der Waals surface area (Å²) in [4.78, 5) is 46.6. The fourth-order valence-electron chi connectivity index (χ4n) is 4.24. The van der Waals surface area contributed by atoms with E-state index in [0.29, 0.717) is 18.2 Å². The average Bonchev–Trinajstić information content (AvgIpc) is 3.63. The number of nitrogens with zero attached hydrogens (tertiary/aromatic N) is 3. The lowest BCUT2D eigenvalue weighted by Crippen LogP contribution is -2.59. The Morgan fingerprint density at radius 1 is 1.17 bits per heavy atom. The Morgan fingerprint density at radius 2 is 1.83 bits per heavy atom.